The quantitative estimate of drug-likeness (QED) is 0.228. The van der Waals surface area contributed by atoms with Crippen LogP contribution in [0.15, 0.2) is 52.8 Å². The van der Waals surface area contributed by atoms with E-state index in [1.807, 2.05) is 18.4 Å². The van der Waals surface area contributed by atoms with Gasteiger partial charge in [-0.2, -0.15) is 0 Å². The highest BCUT2D eigenvalue weighted by molar-refractivity contribution is 14.0. The zero-order chi connectivity index (χ0) is 19.4. The van der Waals surface area contributed by atoms with Crippen molar-refractivity contribution >= 4 is 41.3 Å². The average Bonchev–Trinajstić information content (AvgIpc) is 3.25. The number of hydrogen-bond acceptors (Lipinski definition) is 4. The fraction of sp³-hybridized carbons (Fsp3) is 0.500. The minimum Gasteiger partial charge on any atom is -0.356 e. The van der Waals surface area contributed by atoms with E-state index in [0.717, 1.165) is 58.1 Å². The molecule has 2 heterocycles. The van der Waals surface area contributed by atoms with Crippen molar-refractivity contribution in [3.8, 4) is 0 Å². The Bertz CT molecular complexity index is 684. The van der Waals surface area contributed by atoms with Gasteiger partial charge in [0.2, 0.25) is 0 Å². The molecule has 1 aromatic carbocycles. The number of hydrogen-bond donors (Lipinski definition) is 2. The first kappa shape index (κ1) is 24.1. The summed E-state index contributed by atoms with van der Waals surface area (Å²) in [6.07, 6.45) is 2.19. The molecule has 5 nitrogen and oxygen atoms in total. The molecule has 1 saturated heterocycles. The van der Waals surface area contributed by atoms with E-state index in [0.29, 0.717) is 0 Å². The Balaban J connectivity index is 0.00000300. The largest absolute Gasteiger partial charge is 0.356 e. The standard InChI is InChI=1S/C22H33N5S.HI/c1-23-22(25-12-10-21-9-5-18-28-21)24-11-6-13-26-14-16-27(17-15-26)19-20-7-3-2-4-8-20;/h2-5,7-9,18H,6,10-17,19H2,1H3,(H2,23,24,25);1H. The Morgan fingerprint density at radius 1 is 0.966 bits per heavy atom. The number of thiophene rings is 1. The van der Waals surface area contributed by atoms with E-state index in [-0.39, 0.29) is 24.0 Å². The summed E-state index contributed by atoms with van der Waals surface area (Å²) < 4.78 is 0. The van der Waals surface area contributed by atoms with Crippen LogP contribution in [0.25, 0.3) is 0 Å². The molecule has 1 aliphatic rings. The average molecular weight is 528 g/mol. The summed E-state index contributed by atoms with van der Waals surface area (Å²) in [6.45, 7) is 8.76. The highest BCUT2D eigenvalue weighted by atomic mass is 127. The van der Waals surface area contributed by atoms with Gasteiger partial charge in [-0.25, -0.2) is 0 Å². The van der Waals surface area contributed by atoms with Gasteiger partial charge in [-0.3, -0.25) is 9.89 Å². The second-order valence-electron chi connectivity index (χ2n) is 7.21. The molecular formula is C22H34IN5S. The molecular weight excluding hydrogens is 493 g/mol. The Morgan fingerprint density at radius 2 is 1.69 bits per heavy atom. The fourth-order valence-electron chi connectivity index (χ4n) is 3.50. The van der Waals surface area contributed by atoms with Gasteiger partial charge in [-0.15, -0.1) is 35.3 Å². The molecule has 0 atom stereocenters. The number of nitrogens with zero attached hydrogens (tertiary/aromatic N) is 3. The Labute approximate surface area is 196 Å². The van der Waals surface area contributed by atoms with Crippen LogP contribution in [0, 0.1) is 0 Å². The lowest BCUT2D eigenvalue weighted by Crippen LogP contribution is -2.46. The molecule has 0 spiro atoms. The minimum absolute atomic E-state index is 0. The molecule has 0 bridgehead atoms. The van der Waals surface area contributed by atoms with Gasteiger partial charge in [-0.1, -0.05) is 36.4 Å². The molecule has 0 radical (unpaired) electrons. The van der Waals surface area contributed by atoms with Crippen molar-refractivity contribution in [3.05, 3.63) is 58.3 Å². The first-order valence-electron chi connectivity index (χ1n) is 10.3. The summed E-state index contributed by atoms with van der Waals surface area (Å²) >= 11 is 1.81. The molecule has 7 heteroatoms. The summed E-state index contributed by atoms with van der Waals surface area (Å²) in [5, 5.41) is 8.96. The zero-order valence-corrected chi connectivity index (χ0v) is 20.5. The van der Waals surface area contributed by atoms with Crippen molar-refractivity contribution in [1.82, 2.24) is 20.4 Å². The van der Waals surface area contributed by atoms with Crippen molar-refractivity contribution in [3.63, 3.8) is 0 Å². The molecule has 160 valence electrons. The summed E-state index contributed by atoms with van der Waals surface area (Å²) in [7, 11) is 1.84. The van der Waals surface area contributed by atoms with Gasteiger partial charge >= 0.3 is 0 Å². The number of aliphatic imine (C=N–C) groups is 1. The van der Waals surface area contributed by atoms with Gasteiger partial charge < -0.3 is 15.5 Å². The molecule has 2 aromatic rings. The lowest BCUT2D eigenvalue weighted by atomic mass is 10.2. The predicted octanol–water partition coefficient (Wildman–Crippen LogP) is 3.28. The van der Waals surface area contributed by atoms with Gasteiger partial charge in [0.15, 0.2) is 5.96 Å². The third-order valence-electron chi connectivity index (χ3n) is 5.13. The summed E-state index contributed by atoms with van der Waals surface area (Å²) in [4.78, 5) is 10.9. The van der Waals surface area contributed by atoms with E-state index in [2.05, 4.69) is 73.3 Å². The van der Waals surface area contributed by atoms with Crippen LogP contribution < -0.4 is 10.6 Å². The maximum atomic E-state index is 4.32. The molecule has 1 aromatic heterocycles. The lowest BCUT2D eigenvalue weighted by molar-refractivity contribution is 0.126. The minimum atomic E-state index is 0. The second-order valence-corrected chi connectivity index (χ2v) is 8.24. The van der Waals surface area contributed by atoms with Crippen LogP contribution in [0.5, 0.6) is 0 Å². The smallest absolute Gasteiger partial charge is 0.190 e. The van der Waals surface area contributed by atoms with Gasteiger partial charge in [0.1, 0.15) is 0 Å². The molecule has 2 N–H and O–H groups in total. The van der Waals surface area contributed by atoms with E-state index in [1.165, 1.54) is 23.5 Å². The second kappa shape index (κ2) is 14.0. The van der Waals surface area contributed by atoms with Crippen molar-refractivity contribution in [1.29, 1.82) is 0 Å². The van der Waals surface area contributed by atoms with Crippen molar-refractivity contribution in [2.45, 2.75) is 19.4 Å². The lowest BCUT2D eigenvalue weighted by Gasteiger charge is -2.34. The van der Waals surface area contributed by atoms with Gasteiger partial charge in [0.25, 0.3) is 0 Å². The Kier molecular flexibility index (Phi) is 11.6. The molecule has 0 aliphatic carbocycles. The summed E-state index contributed by atoms with van der Waals surface area (Å²) in [6, 6.07) is 15.1. The van der Waals surface area contributed by atoms with Crippen LogP contribution in [0.1, 0.15) is 16.9 Å². The van der Waals surface area contributed by atoms with E-state index >= 15 is 0 Å². The number of rotatable bonds is 9. The molecule has 0 saturated carbocycles. The monoisotopic (exact) mass is 527 g/mol. The van der Waals surface area contributed by atoms with Crippen molar-refractivity contribution in [2.75, 3.05) is 52.9 Å². The molecule has 0 unspecified atom stereocenters. The molecule has 0 amide bonds. The third kappa shape index (κ3) is 9.02. The molecule has 1 fully saturated rings. The number of piperazine rings is 1. The van der Waals surface area contributed by atoms with Crippen LogP contribution in [0.4, 0.5) is 0 Å². The first-order valence-corrected chi connectivity index (χ1v) is 11.2. The topological polar surface area (TPSA) is 42.9 Å². The number of benzene rings is 1. The number of halogens is 1. The Hall–Kier alpha value is -1.16. The van der Waals surface area contributed by atoms with E-state index < -0.39 is 0 Å². The number of nitrogens with one attached hydrogen (secondary N) is 2. The van der Waals surface area contributed by atoms with Crippen LogP contribution in [-0.2, 0) is 13.0 Å². The fourth-order valence-corrected chi connectivity index (χ4v) is 4.21. The highest BCUT2D eigenvalue weighted by Crippen LogP contribution is 2.09. The van der Waals surface area contributed by atoms with Gasteiger partial charge in [0.05, 0.1) is 0 Å². The van der Waals surface area contributed by atoms with Crippen molar-refractivity contribution in [2.24, 2.45) is 4.99 Å². The van der Waals surface area contributed by atoms with Crippen LogP contribution >= 0.6 is 35.3 Å². The van der Waals surface area contributed by atoms with E-state index in [1.54, 1.807) is 0 Å². The third-order valence-corrected chi connectivity index (χ3v) is 6.06. The summed E-state index contributed by atoms with van der Waals surface area (Å²) in [5.74, 6) is 0.907. The highest BCUT2D eigenvalue weighted by Gasteiger charge is 2.16. The van der Waals surface area contributed by atoms with E-state index in [9.17, 15) is 0 Å². The van der Waals surface area contributed by atoms with Crippen LogP contribution in [0.2, 0.25) is 0 Å². The maximum absolute atomic E-state index is 4.32. The normalized spacial score (nSPS) is 15.7. The predicted molar refractivity (Wildman–Crippen MR) is 136 cm³/mol. The maximum Gasteiger partial charge on any atom is 0.190 e. The molecule has 1 aliphatic heterocycles. The molecule has 29 heavy (non-hydrogen) atoms. The van der Waals surface area contributed by atoms with Crippen molar-refractivity contribution < 1.29 is 0 Å². The van der Waals surface area contributed by atoms with Gasteiger partial charge in [-0.05, 0) is 36.4 Å². The van der Waals surface area contributed by atoms with Gasteiger partial charge in [0, 0.05) is 57.7 Å². The zero-order valence-electron chi connectivity index (χ0n) is 17.3. The number of guanidine groups is 1. The van der Waals surface area contributed by atoms with E-state index in [4.69, 9.17) is 0 Å². The van der Waals surface area contributed by atoms with Crippen LogP contribution in [-0.4, -0.2) is 68.6 Å². The summed E-state index contributed by atoms with van der Waals surface area (Å²) in [5.41, 5.74) is 1.41. The first-order chi connectivity index (χ1) is 13.8. The SMILES string of the molecule is CN=C(NCCCN1CCN(Cc2ccccc2)CC1)NCCc1cccs1.I. The Morgan fingerprint density at radius 3 is 2.38 bits per heavy atom. The van der Waals surface area contributed by atoms with Crippen LogP contribution in [0.3, 0.4) is 0 Å². The molecule has 3 rings (SSSR count).